The van der Waals surface area contributed by atoms with Gasteiger partial charge in [0.25, 0.3) is 5.91 Å². The Kier molecular flexibility index (Phi) is 3.88. The monoisotopic (exact) mass is 248 g/mol. The maximum Gasteiger partial charge on any atom is 0.254 e. The van der Waals surface area contributed by atoms with Crippen LogP contribution >= 0.6 is 0 Å². The first-order valence-corrected chi connectivity index (χ1v) is 5.80. The molecular weight excluding hydrogens is 232 g/mol. The molecule has 2 rings (SSSR count). The number of rotatable bonds is 5. The second-order valence-corrected chi connectivity index (χ2v) is 4.03. The maximum absolute atomic E-state index is 11.8. The normalized spacial score (nSPS) is 10.8. The third-order valence-electron chi connectivity index (χ3n) is 2.51. The summed E-state index contributed by atoms with van der Waals surface area (Å²) in [6, 6.07) is 1.86. The Labute approximate surface area is 105 Å². The van der Waals surface area contributed by atoms with Crippen LogP contribution in [-0.4, -0.2) is 40.8 Å². The van der Waals surface area contributed by atoms with E-state index < -0.39 is 0 Å². The lowest BCUT2D eigenvalue weighted by Crippen LogP contribution is -2.25. The van der Waals surface area contributed by atoms with Crippen molar-refractivity contribution in [3.63, 3.8) is 0 Å². The summed E-state index contributed by atoms with van der Waals surface area (Å²) in [5, 5.41) is 7.03. The van der Waals surface area contributed by atoms with E-state index in [0.717, 1.165) is 17.8 Å². The molecule has 6 nitrogen and oxygen atoms in total. The molecule has 96 valence electrons. The minimum absolute atomic E-state index is 0.145. The molecule has 2 aromatic rings. The lowest BCUT2D eigenvalue weighted by atomic mass is 10.3. The standard InChI is InChI=1S/C12H16N4O2/c1-9-6-11-14-7-10(8-16(11)15-9)12(17)13-4-3-5-18-2/h6-8H,3-5H2,1-2H3,(H,13,17). The molecular formula is C12H16N4O2. The number of hydrogen-bond donors (Lipinski definition) is 1. The van der Waals surface area contributed by atoms with Gasteiger partial charge in [0.1, 0.15) is 0 Å². The third-order valence-corrected chi connectivity index (χ3v) is 2.51. The summed E-state index contributed by atoms with van der Waals surface area (Å²) in [4.78, 5) is 16.0. The van der Waals surface area contributed by atoms with Crippen LogP contribution < -0.4 is 5.32 Å². The van der Waals surface area contributed by atoms with Crippen molar-refractivity contribution in [1.82, 2.24) is 19.9 Å². The quantitative estimate of drug-likeness (QED) is 0.795. The van der Waals surface area contributed by atoms with Crippen LogP contribution in [0.15, 0.2) is 18.5 Å². The van der Waals surface area contributed by atoms with Gasteiger partial charge in [-0.1, -0.05) is 0 Å². The van der Waals surface area contributed by atoms with Crippen LogP contribution in [0.5, 0.6) is 0 Å². The number of aromatic nitrogens is 3. The zero-order chi connectivity index (χ0) is 13.0. The zero-order valence-electron chi connectivity index (χ0n) is 10.5. The summed E-state index contributed by atoms with van der Waals surface area (Å²) in [5.41, 5.74) is 2.12. The first kappa shape index (κ1) is 12.5. The average Bonchev–Trinajstić information content (AvgIpc) is 2.73. The van der Waals surface area contributed by atoms with E-state index in [2.05, 4.69) is 15.4 Å². The Morgan fingerprint density at radius 3 is 3.17 bits per heavy atom. The number of fused-ring (bicyclic) bond motifs is 1. The molecule has 1 N–H and O–H groups in total. The minimum atomic E-state index is -0.145. The highest BCUT2D eigenvalue weighted by Gasteiger charge is 2.07. The van der Waals surface area contributed by atoms with E-state index in [9.17, 15) is 4.79 Å². The fraction of sp³-hybridized carbons (Fsp3) is 0.417. The van der Waals surface area contributed by atoms with Crippen molar-refractivity contribution in [2.75, 3.05) is 20.3 Å². The molecule has 0 saturated heterocycles. The Bertz CT molecular complexity index is 550. The lowest BCUT2D eigenvalue weighted by Gasteiger charge is -2.04. The lowest BCUT2D eigenvalue weighted by molar-refractivity contribution is 0.0947. The summed E-state index contributed by atoms with van der Waals surface area (Å²) in [7, 11) is 1.64. The molecule has 0 aliphatic heterocycles. The van der Waals surface area contributed by atoms with Crippen LogP contribution in [0.2, 0.25) is 0 Å². The second-order valence-electron chi connectivity index (χ2n) is 4.03. The van der Waals surface area contributed by atoms with Gasteiger partial charge in [0.2, 0.25) is 0 Å². The Morgan fingerprint density at radius 2 is 2.39 bits per heavy atom. The van der Waals surface area contributed by atoms with Gasteiger partial charge in [0.05, 0.1) is 11.3 Å². The van der Waals surface area contributed by atoms with Crippen LogP contribution in [0.4, 0.5) is 0 Å². The van der Waals surface area contributed by atoms with Crippen molar-refractivity contribution in [3.05, 3.63) is 29.7 Å². The van der Waals surface area contributed by atoms with E-state index in [1.165, 1.54) is 0 Å². The number of amides is 1. The second kappa shape index (κ2) is 5.59. The Balaban J connectivity index is 2.03. The molecule has 0 atom stereocenters. The van der Waals surface area contributed by atoms with Gasteiger partial charge in [-0.15, -0.1) is 0 Å². The maximum atomic E-state index is 11.8. The fourth-order valence-corrected chi connectivity index (χ4v) is 1.63. The third kappa shape index (κ3) is 2.84. The first-order chi connectivity index (χ1) is 8.70. The van der Waals surface area contributed by atoms with Crippen LogP contribution in [0.3, 0.4) is 0 Å². The summed E-state index contributed by atoms with van der Waals surface area (Å²) in [6.07, 6.45) is 4.03. The number of methoxy groups -OCH3 is 1. The smallest absolute Gasteiger partial charge is 0.254 e. The summed E-state index contributed by atoms with van der Waals surface area (Å²) in [5.74, 6) is -0.145. The molecule has 0 saturated carbocycles. The van der Waals surface area contributed by atoms with Crippen molar-refractivity contribution >= 4 is 11.6 Å². The molecule has 0 unspecified atom stereocenters. The summed E-state index contributed by atoms with van der Waals surface area (Å²) < 4.78 is 6.52. The average molecular weight is 248 g/mol. The minimum Gasteiger partial charge on any atom is -0.385 e. The van der Waals surface area contributed by atoms with E-state index in [1.807, 2.05) is 13.0 Å². The van der Waals surface area contributed by atoms with Crippen molar-refractivity contribution in [2.24, 2.45) is 0 Å². The molecule has 18 heavy (non-hydrogen) atoms. The predicted molar refractivity (Wildman–Crippen MR) is 66.6 cm³/mol. The largest absolute Gasteiger partial charge is 0.385 e. The van der Waals surface area contributed by atoms with Gasteiger partial charge < -0.3 is 10.1 Å². The highest BCUT2D eigenvalue weighted by molar-refractivity contribution is 5.93. The van der Waals surface area contributed by atoms with Gasteiger partial charge >= 0.3 is 0 Å². The van der Waals surface area contributed by atoms with Crippen molar-refractivity contribution in [2.45, 2.75) is 13.3 Å². The van der Waals surface area contributed by atoms with Crippen LogP contribution in [-0.2, 0) is 4.74 Å². The fourth-order valence-electron chi connectivity index (χ4n) is 1.63. The van der Waals surface area contributed by atoms with Gasteiger partial charge in [0.15, 0.2) is 5.65 Å². The van der Waals surface area contributed by atoms with Crippen LogP contribution in [0, 0.1) is 6.92 Å². The molecule has 0 bridgehead atoms. The predicted octanol–water partition coefficient (Wildman–Crippen LogP) is 0.804. The number of carbonyl (C=O) groups excluding carboxylic acids is 1. The molecule has 2 heterocycles. The highest BCUT2D eigenvalue weighted by atomic mass is 16.5. The molecule has 0 spiro atoms. The van der Waals surface area contributed by atoms with Gasteiger partial charge in [-0.2, -0.15) is 5.10 Å². The number of ether oxygens (including phenoxy) is 1. The van der Waals surface area contributed by atoms with Crippen molar-refractivity contribution in [3.8, 4) is 0 Å². The topological polar surface area (TPSA) is 68.5 Å². The van der Waals surface area contributed by atoms with Crippen LogP contribution in [0.25, 0.3) is 5.65 Å². The number of aryl methyl sites for hydroxylation is 1. The summed E-state index contributed by atoms with van der Waals surface area (Å²) in [6.45, 7) is 3.11. The first-order valence-electron chi connectivity index (χ1n) is 5.80. The molecule has 0 radical (unpaired) electrons. The molecule has 2 aromatic heterocycles. The molecule has 6 heteroatoms. The van der Waals surface area contributed by atoms with Gasteiger partial charge in [-0.3, -0.25) is 4.79 Å². The Hall–Kier alpha value is -1.95. The van der Waals surface area contributed by atoms with Gasteiger partial charge in [-0.25, -0.2) is 9.50 Å². The van der Waals surface area contributed by atoms with E-state index >= 15 is 0 Å². The highest BCUT2D eigenvalue weighted by Crippen LogP contribution is 2.04. The molecule has 0 aliphatic carbocycles. The van der Waals surface area contributed by atoms with Crippen molar-refractivity contribution in [1.29, 1.82) is 0 Å². The van der Waals surface area contributed by atoms with E-state index in [-0.39, 0.29) is 5.91 Å². The molecule has 0 fully saturated rings. The number of nitrogens with one attached hydrogen (secondary N) is 1. The SMILES string of the molecule is COCCCNC(=O)c1cnc2cc(C)nn2c1. The zero-order valence-corrected chi connectivity index (χ0v) is 10.5. The number of carbonyl (C=O) groups is 1. The van der Waals surface area contributed by atoms with E-state index in [1.54, 1.807) is 24.0 Å². The van der Waals surface area contributed by atoms with Gasteiger partial charge in [0, 0.05) is 38.7 Å². The Morgan fingerprint density at radius 1 is 1.56 bits per heavy atom. The number of hydrogen-bond acceptors (Lipinski definition) is 4. The molecule has 0 aliphatic rings. The molecule has 0 aromatic carbocycles. The van der Waals surface area contributed by atoms with Crippen molar-refractivity contribution < 1.29 is 9.53 Å². The van der Waals surface area contributed by atoms with E-state index in [0.29, 0.717) is 18.7 Å². The summed E-state index contributed by atoms with van der Waals surface area (Å²) >= 11 is 0. The van der Waals surface area contributed by atoms with Crippen LogP contribution in [0.1, 0.15) is 22.5 Å². The van der Waals surface area contributed by atoms with Gasteiger partial charge in [-0.05, 0) is 13.3 Å². The molecule has 1 amide bonds. The van der Waals surface area contributed by atoms with E-state index in [4.69, 9.17) is 4.74 Å². The number of nitrogens with zero attached hydrogens (tertiary/aromatic N) is 3.